The average Bonchev–Trinajstić information content (AvgIpc) is 2.30. The van der Waals surface area contributed by atoms with Gasteiger partial charge in [0.05, 0.1) is 6.54 Å². The highest BCUT2D eigenvalue weighted by Gasteiger charge is 2.41. The molecule has 1 saturated heterocycles. The van der Waals surface area contributed by atoms with Gasteiger partial charge in [-0.1, -0.05) is 6.92 Å². The van der Waals surface area contributed by atoms with Crippen LogP contribution in [0.25, 0.3) is 0 Å². The fraction of sp³-hybridized carbons (Fsp3) is 0.833. The summed E-state index contributed by atoms with van der Waals surface area (Å²) in [5.74, 6) is -0.0681. The fourth-order valence-corrected chi connectivity index (χ4v) is 1.92. The molecule has 0 bridgehead atoms. The SMILES string of the molecule is CCOCCCN1CC(=O)NC(C)(CC)C1=O. The molecule has 1 rings (SSSR count). The Labute approximate surface area is 102 Å². The fourth-order valence-electron chi connectivity index (χ4n) is 1.92. The number of ether oxygens (including phenoxy) is 1. The third-order valence-corrected chi connectivity index (χ3v) is 3.14. The van der Waals surface area contributed by atoms with E-state index in [-0.39, 0.29) is 18.4 Å². The van der Waals surface area contributed by atoms with Crippen LogP contribution >= 0.6 is 0 Å². The van der Waals surface area contributed by atoms with E-state index in [4.69, 9.17) is 4.74 Å². The second-order valence-corrected chi connectivity index (χ2v) is 4.51. The van der Waals surface area contributed by atoms with E-state index in [1.54, 1.807) is 11.8 Å². The van der Waals surface area contributed by atoms with E-state index in [1.165, 1.54) is 0 Å². The molecule has 1 heterocycles. The van der Waals surface area contributed by atoms with Crippen molar-refractivity contribution < 1.29 is 14.3 Å². The van der Waals surface area contributed by atoms with Gasteiger partial charge in [-0.25, -0.2) is 0 Å². The molecular weight excluding hydrogens is 220 g/mol. The van der Waals surface area contributed by atoms with Gasteiger partial charge in [0.1, 0.15) is 5.54 Å². The zero-order valence-corrected chi connectivity index (χ0v) is 10.9. The average molecular weight is 242 g/mol. The molecule has 0 aliphatic carbocycles. The summed E-state index contributed by atoms with van der Waals surface area (Å²) in [6.07, 6.45) is 1.38. The summed E-state index contributed by atoms with van der Waals surface area (Å²) in [6.45, 7) is 7.69. The van der Waals surface area contributed by atoms with Gasteiger partial charge >= 0.3 is 0 Å². The molecule has 5 nitrogen and oxygen atoms in total. The maximum absolute atomic E-state index is 12.2. The molecule has 0 aromatic rings. The van der Waals surface area contributed by atoms with Crippen molar-refractivity contribution in [1.29, 1.82) is 0 Å². The van der Waals surface area contributed by atoms with E-state index < -0.39 is 5.54 Å². The lowest BCUT2D eigenvalue weighted by Crippen LogP contribution is -2.65. The number of hydrogen-bond donors (Lipinski definition) is 1. The van der Waals surface area contributed by atoms with Gasteiger partial charge in [0.2, 0.25) is 11.8 Å². The standard InChI is InChI=1S/C12H22N2O3/c1-4-12(3)11(16)14(9-10(15)13-12)7-6-8-17-5-2/h4-9H2,1-3H3,(H,13,15). The van der Waals surface area contributed by atoms with Crippen molar-refractivity contribution >= 4 is 11.8 Å². The van der Waals surface area contributed by atoms with E-state index in [2.05, 4.69) is 5.32 Å². The zero-order valence-electron chi connectivity index (χ0n) is 10.9. The van der Waals surface area contributed by atoms with Gasteiger partial charge < -0.3 is 15.0 Å². The highest BCUT2D eigenvalue weighted by Crippen LogP contribution is 2.17. The van der Waals surface area contributed by atoms with Crippen LogP contribution in [0.4, 0.5) is 0 Å². The number of carbonyl (C=O) groups is 2. The molecule has 0 aromatic heterocycles. The maximum Gasteiger partial charge on any atom is 0.248 e. The number of piperazine rings is 1. The summed E-state index contributed by atoms with van der Waals surface area (Å²) in [4.78, 5) is 25.3. The summed E-state index contributed by atoms with van der Waals surface area (Å²) in [7, 11) is 0. The van der Waals surface area contributed by atoms with Gasteiger partial charge in [-0.05, 0) is 26.7 Å². The summed E-state index contributed by atoms with van der Waals surface area (Å²) in [5.41, 5.74) is -0.735. The van der Waals surface area contributed by atoms with E-state index in [1.807, 2.05) is 13.8 Å². The van der Waals surface area contributed by atoms with Crippen molar-refractivity contribution in [2.45, 2.75) is 39.2 Å². The van der Waals surface area contributed by atoms with E-state index >= 15 is 0 Å². The van der Waals surface area contributed by atoms with Gasteiger partial charge in [0, 0.05) is 19.8 Å². The smallest absolute Gasteiger partial charge is 0.248 e. The first-order valence-electron chi connectivity index (χ1n) is 6.21. The number of nitrogens with one attached hydrogen (secondary N) is 1. The van der Waals surface area contributed by atoms with Gasteiger partial charge in [-0.15, -0.1) is 0 Å². The second kappa shape index (κ2) is 6.00. The van der Waals surface area contributed by atoms with E-state index in [0.717, 1.165) is 6.42 Å². The molecule has 1 aliphatic heterocycles. The Hall–Kier alpha value is -1.10. The summed E-state index contributed by atoms with van der Waals surface area (Å²) in [5, 5.41) is 2.76. The van der Waals surface area contributed by atoms with Crippen LogP contribution in [0.1, 0.15) is 33.6 Å². The Balaban J connectivity index is 2.53. The Kier molecular flexibility index (Phi) is 4.93. The van der Waals surface area contributed by atoms with Crippen LogP contribution < -0.4 is 5.32 Å². The normalized spacial score (nSPS) is 25.0. The van der Waals surface area contributed by atoms with Gasteiger partial charge in [0.15, 0.2) is 0 Å². The third kappa shape index (κ3) is 3.43. The summed E-state index contributed by atoms with van der Waals surface area (Å²) in [6, 6.07) is 0. The van der Waals surface area contributed by atoms with Crippen molar-refractivity contribution in [1.82, 2.24) is 10.2 Å². The molecule has 5 heteroatoms. The molecule has 1 N–H and O–H groups in total. The highest BCUT2D eigenvalue weighted by molar-refractivity contribution is 5.97. The zero-order chi connectivity index (χ0) is 12.9. The van der Waals surface area contributed by atoms with Gasteiger partial charge in [-0.2, -0.15) is 0 Å². The highest BCUT2D eigenvalue weighted by atomic mass is 16.5. The van der Waals surface area contributed by atoms with E-state index in [0.29, 0.717) is 26.2 Å². The second-order valence-electron chi connectivity index (χ2n) is 4.51. The molecule has 1 aliphatic rings. The van der Waals surface area contributed by atoms with Crippen molar-refractivity contribution in [2.75, 3.05) is 26.3 Å². The number of carbonyl (C=O) groups excluding carboxylic acids is 2. The predicted molar refractivity (Wildman–Crippen MR) is 64.5 cm³/mol. The summed E-state index contributed by atoms with van der Waals surface area (Å²) >= 11 is 0. The lowest BCUT2D eigenvalue weighted by Gasteiger charge is -2.39. The molecular formula is C12H22N2O3. The molecule has 0 saturated carbocycles. The Morgan fingerprint density at radius 2 is 2.12 bits per heavy atom. The molecule has 2 amide bonds. The third-order valence-electron chi connectivity index (χ3n) is 3.14. The minimum atomic E-state index is -0.735. The molecule has 1 atom stereocenters. The van der Waals surface area contributed by atoms with Crippen LogP contribution in [0.5, 0.6) is 0 Å². The van der Waals surface area contributed by atoms with Crippen LogP contribution in [0, 0.1) is 0 Å². The van der Waals surface area contributed by atoms with Gasteiger partial charge in [-0.3, -0.25) is 9.59 Å². The number of amides is 2. The first-order valence-corrected chi connectivity index (χ1v) is 6.21. The van der Waals surface area contributed by atoms with Crippen LogP contribution in [-0.4, -0.2) is 48.6 Å². The van der Waals surface area contributed by atoms with Crippen molar-refractivity contribution in [2.24, 2.45) is 0 Å². The minimum absolute atomic E-state index is 0.0103. The predicted octanol–water partition coefficient (Wildman–Crippen LogP) is 0.540. The van der Waals surface area contributed by atoms with Crippen LogP contribution in [0.3, 0.4) is 0 Å². The first-order chi connectivity index (χ1) is 8.03. The molecule has 0 radical (unpaired) electrons. The Morgan fingerprint density at radius 1 is 1.41 bits per heavy atom. The van der Waals surface area contributed by atoms with Crippen molar-refractivity contribution in [3.63, 3.8) is 0 Å². The minimum Gasteiger partial charge on any atom is -0.382 e. The lowest BCUT2D eigenvalue weighted by molar-refractivity contribution is -0.149. The molecule has 0 aromatic carbocycles. The van der Waals surface area contributed by atoms with Crippen molar-refractivity contribution in [3.8, 4) is 0 Å². The van der Waals surface area contributed by atoms with Gasteiger partial charge in [0.25, 0.3) is 0 Å². The molecule has 98 valence electrons. The van der Waals surface area contributed by atoms with Crippen molar-refractivity contribution in [3.05, 3.63) is 0 Å². The monoisotopic (exact) mass is 242 g/mol. The molecule has 1 fully saturated rings. The largest absolute Gasteiger partial charge is 0.382 e. The first kappa shape index (κ1) is 14.0. The topological polar surface area (TPSA) is 58.6 Å². The van der Waals surface area contributed by atoms with E-state index in [9.17, 15) is 9.59 Å². The maximum atomic E-state index is 12.2. The Bertz CT molecular complexity index is 293. The molecule has 0 spiro atoms. The summed E-state index contributed by atoms with van der Waals surface area (Å²) < 4.78 is 5.23. The van der Waals surface area contributed by atoms with Crippen LogP contribution in [0.15, 0.2) is 0 Å². The quantitative estimate of drug-likeness (QED) is 0.692. The van der Waals surface area contributed by atoms with Crippen LogP contribution in [-0.2, 0) is 14.3 Å². The number of hydrogen-bond acceptors (Lipinski definition) is 3. The van der Waals surface area contributed by atoms with Crippen LogP contribution in [0.2, 0.25) is 0 Å². The number of nitrogens with zero attached hydrogens (tertiary/aromatic N) is 1. The lowest BCUT2D eigenvalue weighted by atomic mass is 9.94. The Morgan fingerprint density at radius 3 is 2.71 bits per heavy atom. The molecule has 1 unspecified atom stereocenters. The molecule has 17 heavy (non-hydrogen) atoms. The number of rotatable bonds is 6.